The first kappa shape index (κ1) is 26.2. The second kappa shape index (κ2) is 9.45. The minimum atomic E-state index is 1.19. The first-order valence-corrected chi connectivity index (χ1v) is 18.4. The Hall–Kier alpha value is -5.74. The number of rotatable bonds is 1. The Labute approximate surface area is 288 Å². The van der Waals surface area contributed by atoms with E-state index in [-0.39, 0.29) is 0 Å². The van der Waals surface area contributed by atoms with Gasteiger partial charge in [0.1, 0.15) is 0 Å². The molecular weight excluding hydrogens is 631 g/mol. The fourth-order valence-corrected chi connectivity index (χ4v) is 11.1. The number of hydrogen-bond donors (Lipinski definition) is 0. The van der Waals surface area contributed by atoms with Gasteiger partial charge in [-0.25, -0.2) is 0 Å². The average molecular weight is 656 g/mol. The quantitative estimate of drug-likeness (QED) is 0.155. The maximum Gasteiger partial charge on any atom is 0.0555 e. The van der Waals surface area contributed by atoms with E-state index in [1.165, 1.54) is 111 Å². The Kier molecular flexibility index (Phi) is 5.06. The van der Waals surface area contributed by atoms with E-state index in [1.807, 2.05) is 22.7 Å². The molecule has 49 heavy (non-hydrogen) atoms. The summed E-state index contributed by atoms with van der Waals surface area (Å²) in [6.45, 7) is 0. The van der Waals surface area contributed by atoms with Crippen molar-refractivity contribution >= 4 is 128 Å². The van der Waals surface area contributed by atoms with Crippen molar-refractivity contribution in [1.29, 1.82) is 0 Å². The molecule has 0 radical (unpaired) electrons. The Morgan fingerprint density at radius 3 is 1.65 bits per heavy atom. The van der Waals surface area contributed by atoms with Crippen LogP contribution in [0.1, 0.15) is 0 Å². The van der Waals surface area contributed by atoms with Crippen LogP contribution >= 0.6 is 22.7 Å². The van der Waals surface area contributed by atoms with E-state index in [0.717, 1.165) is 0 Å². The minimum Gasteiger partial charge on any atom is -0.309 e. The molecule has 0 amide bonds. The standard InChI is InChI=1S/C46H25NS2/c1-2-11-30-28(9-1)29-10-3-4-12-31(29)36-25-27(19-20-32(30)36)47-37-15-7-5-13-33(37)43-38(47)22-21-35-45-41(49-46(35)43)24-18-26-17-23-40-44(42(26)45)34-14-6-8-16-39(34)48-40/h1-25H. The van der Waals surface area contributed by atoms with Gasteiger partial charge in [-0.15, -0.1) is 22.7 Å². The summed E-state index contributed by atoms with van der Waals surface area (Å²) in [5.41, 5.74) is 3.68. The lowest BCUT2D eigenvalue weighted by Gasteiger charge is -2.13. The maximum atomic E-state index is 2.49. The number of para-hydroxylation sites is 1. The summed E-state index contributed by atoms with van der Waals surface area (Å²) in [7, 11) is 0. The van der Waals surface area contributed by atoms with E-state index in [9.17, 15) is 0 Å². The molecule has 0 unspecified atom stereocenters. The highest BCUT2D eigenvalue weighted by atomic mass is 32.1. The molecule has 1 nitrogen and oxygen atoms in total. The summed E-state index contributed by atoms with van der Waals surface area (Å²) in [5.74, 6) is 0. The third-order valence-corrected chi connectivity index (χ3v) is 13.1. The molecule has 0 aliphatic heterocycles. The fraction of sp³-hybridized carbons (Fsp3) is 0. The maximum absolute atomic E-state index is 2.49. The summed E-state index contributed by atoms with van der Waals surface area (Å²) in [6, 6.07) is 56.6. The van der Waals surface area contributed by atoms with Gasteiger partial charge in [-0.05, 0) is 80.2 Å². The zero-order chi connectivity index (χ0) is 31.8. The lowest BCUT2D eigenvalue weighted by Crippen LogP contribution is -1.94. The molecular formula is C46H25NS2. The number of fused-ring (bicyclic) bond motifs is 19. The Balaban J connectivity index is 1.21. The molecule has 0 atom stereocenters. The number of hydrogen-bond acceptors (Lipinski definition) is 2. The second-order valence-electron chi connectivity index (χ2n) is 13.2. The van der Waals surface area contributed by atoms with Gasteiger partial charge in [-0.3, -0.25) is 0 Å². The van der Waals surface area contributed by atoms with Crippen molar-refractivity contribution in [1.82, 2.24) is 4.57 Å². The summed E-state index contributed by atoms with van der Waals surface area (Å²) in [5, 5.41) is 18.6. The van der Waals surface area contributed by atoms with E-state index in [1.54, 1.807) is 0 Å². The van der Waals surface area contributed by atoms with Crippen molar-refractivity contribution in [2.45, 2.75) is 0 Å². The van der Waals surface area contributed by atoms with Crippen molar-refractivity contribution in [2.75, 3.05) is 0 Å². The summed E-state index contributed by atoms with van der Waals surface area (Å²) in [4.78, 5) is 0. The van der Waals surface area contributed by atoms with Crippen LogP contribution in [0.4, 0.5) is 0 Å². The molecule has 3 aromatic heterocycles. The SMILES string of the molecule is c1ccc2c(c1)sc1ccc3ccc4sc5c(ccc6c5c5ccccc5n6-c5ccc6c7ccccc7c7ccccc7c6c5)c4c3c12. The van der Waals surface area contributed by atoms with Crippen molar-refractivity contribution in [3.8, 4) is 5.69 Å². The van der Waals surface area contributed by atoms with Crippen LogP contribution in [-0.4, -0.2) is 4.57 Å². The number of nitrogens with zero attached hydrogens (tertiary/aromatic N) is 1. The highest BCUT2D eigenvalue weighted by Crippen LogP contribution is 2.48. The van der Waals surface area contributed by atoms with E-state index in [4.69, 9.17) is 0 Å². The first-order valence-electron chi connectivity index (χ1n) is 16.8. The number of thiophene rings is 2. The van der Waals surface area contributed by atoms with Crippen molar-refractivity contribution < 1.29 is 0 Å². The zero-order valence-corrected chi connectivity index (χ0v) is 27.8. The van der Waals surface area contributed by atoms with Crippen LogP contribution in [0, 0.1) is 0 Å². The Morgan fingerprint density at radius 1 is 0.327 bits per heavy atom. The van der Waals surface area contributed by atoms with Crippen LogP contribution in [0.3, 0.4) is 0 Å². The highest BCUT2D eigenvalue weighted by Gasteiger charge is 2.20. The molecule has 12 rings (SSSR count). The van der Waals surface area contributed by atoms with Crippen molar-refractivity contribution in [3.63, 3.8) is 0 Å². The summed E-state index contributed by atoms with van der Waals surface area (Å²) in [6.07, 6.45) is 0. The molecule has 0 saturated heterocycles. The number of benzene rings is 9. The molecule has 0 fully saturated rings. The topological polar surface area (TPSA) is 4.93 Å². The van der Waals surface area contributed by atoms with Crippen LogP contribution < -0.4 is 0 Å². The largest absolute Gasteiger partial charge is 0.309 e. The normalized spacial score (nSPS) is 12.5. The van der Waals surface area contributed by atoms with Gasteiger partial charge in [0.2, 0.25) is 0 Å². The van der Waals surface area contributed by atoms with Gasteiger partial charge in [-0.1, -0.05) is 109 Å². The van der Waals surface area contributed by atoms with E-state index >= 15 is 0 Å². The molecule has 0 spiro atoms. The molecule has 0 aliphatic carbocycles. The van der Waals surface area contributed by atoms with Crippen LogP contribution in [-0.2, 0) is 0 Å². The van der Waals surface area contributed by atoms with Crippen molar-refractivity contribution in [2.24, 2.45) is 0 Å². The molecule has 0 saturated carbocycles. The van der Waals surface area contributed by atoms with Crippen LogP contribution in [0.15, 0.2) is 152 Å². The van der Waals surface area contributed by atoms with Crippen molar-refractivity contribution in [3.05, 3.63) is 152 Å². The van der Waals surface area contributed by atoms with Gasteiger partial charge in [0.05, 0.1) is 11.0 Å². The molecule has 9 aromatic carbocycles. The number of aromatic nitrogens is 1. The van der Waals surface area contributed by atoms with E-state index in [2.05, 4.69) is 156 Å². The highest BCUT2D eigenvalue weighted by molar-refractivity contribution is 7.27. The zero-order valence-electron chi connectivity index (χ0n) is 26.2. The van der Waals surface area contributed by atoms with Gasteiger partial charge in [0, 0.05) is 62.2 Å². The summed E-state index contributed by atoms with van der Waals surface area (Å²) >= 11 is 3.84. The monoisotopic (exact) mass is 655 g/mol. The van der Waals surface area contributed by atoms with Crippen LogP contribution in [0.2, 0.25) is 0 Å². The average Bonchev–Trinajstić information content (AvgIpc) is 3.84. The molecule has 226 valence electrons. The first-order chi connectivity index (χ1) is 24.3. The van der Waals surface area contributed by atoms with E-state index < -0.39 is 0 Å². The molecule has 0 N–H and O–H groups in total. The van der Waals surface area contributed by atoms with Gasteiger partial charge in [0.25, 0.3) is 0 Å². The minimum absolute atomic E-state index is 1.19. The van der Waals surface area contributed by atoms with Crippen LogP contribution in [0.5, 0.6) is 0 Å². The third-order valence-electron chi connectivity index (χ3n) is 10.7. The van der Waals surface area contributed by atoms with Gasteiger partial charge >= 0.3 is 0 Å². The lowest BCUT2D eigenvalue weighted by molar-refractivity contribution is 1.19. The molecule has 3 heteroatoms. The van der Waals surface area contributed by atoms with Gasteiger partial charge < -0.3 is 4.57 Å². The Bertz CT molecular complexity index is 3360. The molecule has 12 aromatic rings. The fourth-order valence-electron chi connectivity index (χ4n) is 8.72. The van der Waals surface area contributed by atoms with E-state index in [0.29, 0.717) is 0 Å². The smallest absolute Gasteiger partial charge is 0.0555 e. The predicted octanol–water partition coefficient (Wildman–Crippen LogP) is 14.1. The predicted molar refractivity (Wildman–Crippen MR) is 217 cm³/mol. The molecule has 3 heterocycles. The molecule has 0 aliphatic rings. The van der Waals surface area contributed by atoms with Gasteiger partial charge in [-0.2, -0.15) is 0 Å². The lowest BCUT2D eigenvalue weighted by atomic mass is 9.94. The molecule has 0 bridgehead atoms. The Morgan fingerprint density at radius 2 is 0.898 bits per heavy atom. The summed E-state index contributed by atoms with van der Waals surface area (Å²) < 4.78 is 7.90. The van der Waals surface area contributed by atoms with Crippen LogP contribution in [0.25, 0.3) is 111 Å². The van der Waals surface area contributed by atoms with Gasteiger partial charge in [0.15, 0.2) is 0 Å². The third kappa shape index (κ3) is 3.38. The second-order valence-corrected chi connectivity index (χ2v) is 15.3.